The van der Waals surface area contributed by atoms with E-state index in [9.17, 15) is 28.8 Å². The molecule has 2 fully saturated rings. The van der Waals surface area contributed by atoms with Crippen LogP contribution in [0.2, 0.25) is 5.02 Å². The Morgan fingerprint density at radius 1 is 0.781 bits per heavy atom. The van der Waals surface area contributed by atoms with Crippen molar-refractivity contribution in [1.82, 2.24) is 42.2 Å². The molecule has 0 bridgehead atoms. The summed E-state index contributed by atoms with van der Waals surface area (Å²) in [4.78, 5) is 77.4. The van der Waals surface area contributed by atoms with Crippen LogP contribution in [-0.4, -0.2) is 148 Å². The summed E-state index contributed by atoms with van der Waals surface area (Å²) in [6.07, 6.45) is 7.06. The van der Waals surface area contributed by atoms with Gasteiger partial charge in [-0.25, -0.2) is 14.6 Å². The normalized spacial score (nSPS) is 16.1. The smallest absolute Gasteiger partial charge is 0.404 e. The van der Waals surface area contributed by atoms with Crippen LogP contribution < -0.4 is 46.7 Å². The Labute approximate surface area is 435 Å². The van der Waals surface area contributed by atoms with Gasteiger partial charge in [0.2, 0.25) is 23.6 Å². The van der Waals surface area contributed by atoms with Gasteiger partial charge in [-0.05, 0) is 81.7 Å². The highest BCUT2D eigenvalue weighted by atomic mass is 35.5. The highest BCUT2D eigenvalue weighted by molar-refractivity contribution is 8.00. The van der Waals surface area contributed by atoms with Crippen molar-refractivity contribution in [2.75, 3.05) is 85.3 Å². The van der Waals surface area contributed by atoms with Crippen molar-refractivity contribution in [2.45, 2.75) is 100 Å². The Morgan fingerprint density at radius 2 is 1.42 bits per heavy atom. The number of nitrogens with one attached hydrogen (secondary N) is 7. The molecule has 2 aliphatic heterocycles. The monoisotopic (exact) mass is 1060 g/mol. The van der Waals surface area contributed by atoms with E-state index < -0.39 is 18.0 Å². The molecule has 23 heteroatoms. The first-order valence-corrected chi connectivity index (χ1v) is 26.4. The van der Waals surface area contributed by atoms with Gasteiger partial charge < -0.3 is 70.4 Å². The standard InChI is InChI=1S/C50H71ClN8O13S/c1-67-40-18-17-36(31-37(40)47(63)57-38(12-6-19-55-50(65)66)48-56-32-41(72-48)34-10-4-11-35(51)30-34)71-25-9-22-54-45(62)16-5-15-44(61)53-21-8-24-69-27-29-70-28-26-68-23-7-20-52-43(60)14-3-2-13-42-46-39(33-73-42)58-49(64)59-46/h4,10-11,17-18,30-32,38-39,42,46,55H,2-3,5-9,12-16,19-29,33H2,1H3,(H,52,60)(H,53,61)(H,54,62)(H,57,63)(H,65,66)(H2,58,59,64)/t38-,39-,42-,46-/m0/s1. The Balaban J connectivity index is 0.824. The van der Waals surface area contributed by atoms with Gasteiger partial charge in [-0.3, -0.25) is 19.2 Å². The number of ether oxygens (including phenoxy) is 5. The summed E-state index contributed by atoms with van der Waals surface area (Å²) in [5.41, 5.74) is 0.902. The lowest BCUT2D eigenvalue weighted by Gasteiger charge is -2.18. The van der Waals surface area contributed by atoms with Gasteiger partial charge in [0.25, 0.3) is 5.91 Å². The van der Waals surface area contributed by atoms with Gasteiger partial charge in [0.15, 0.2) is 5.76 Å². The summed E-state index contributed by atoms with van der Waals surface area (Å²) in [5.74, 6) is 1.60. The molecule has 2 aromatic carbocycles. The van der Waals surface area contributed by atoms with Gasteiger partial charge in [0, 0.05) is 80.2 Å². The second kappa shape index (κ2) is 33.1. The highest BCUT2D eigenvalue weighted by Gasteiger charge is 2.42. The third-order valence-corrected chi connectivity index (χ3v) is 13.5. The molecule has 402 valence electrons. The fourth-order valence-corrected chi connectivity index (χ4v) is 9.69. The molecule has 3 aromatic rings. The molecule has 2 saturated heterocycles. The molecular weight excluding hydrogens is 988 g/mol. The van der Waals surface area contributed by atoms with Gasteiger partial charge in [0.1, 0.15) is 17.5 Å². The van der Waals surface area contributed by atoms with Crippen LogP contribution in [0.4, 0.5) is 9.59 Å². The van der Waals surface area contributed by atoms with Crippen molar-refractivity contribution >= 4 is 59.1 Å². The number of hydrogen-bond donors (Lipinski definition) is 8. The maximum Gasteiger partial charge on any atom is 0.404 e. The van der Waals surface area contributed by atoms with Crippen LogP contribution in [0.15, 0.2) is 53.1 Å². The molecular formula is C50H71ClN8O13S. The number of aromatic nitrogens is 1. The van der Waals surface area contributed by atoms with Gasteiger partial charge in [-0.15, -0.1) is 0 Å². The largest absolute Gasteiger partial charge is 0.496 e. The van der Waals surface area contributed by atoms with Crippen molar-refractivity contribution in [2.24, 2.45) is 0 Å². The Morgan fingerprint density at radius 3 is 2.08 bits per heavy atom. The third kappa shape index (κ3) is 22.1. The van der Waals surface area contributed by atoms with E-state index in [4.69, 9.17) is 44.8 Å². The van der Waals surface area contributed by atoms with Crippen molar-refractivity contribution in [1.29, 1.82) is 0 Å². The zero-order valence-corrected chi connectivity index (χ0v) is 43.1. The van der Waals surface area contributed by atoms with Crippen molar-refractivity contribution in [3.63, 3.8) is 0 Å². The van der Waals surface area contributed by atoms with Crippen LogP contribution in [0.25, 0.3) is 11.3 Å². The topological polar surface area (TPSA) is 279 Å². The number of amides is 7. The number of urea groups is 1. The van der Waals surface area contributed by atoms with E-state index in [-0.39, 0.29) is 73.3 Å². The summed E-state index contributed by atoms with van der Waals surface area (Å²) in [7, 11) is 1.45. The molecule has 0 spiro atoms. The predicted octanol–water partition coefficient (Wildman–Crippen LogP) is 5.37. The second-order valence-electron chi connectivity index (χ2n) is 17.4. The number of fused-ring (bicyclic) bond motifs is 1. The Kier molecular flexibility index (Phi) is 26.3. The lowest BCUT2D eigenvalue weighted by atomic mass is 10.0. The van der Waals surface area contributed by atoms with Crippen molar-refractivity contribution < 1.29 is 62.0 Å². The zero-order chi connectivity index (χ0) is 52.0. The molecule has 21 nitrogen and oxygen atoms in total. The minimum atomic E-state index is -1.15. The Bertz CT molecular complexity index is 2210. The van der Waals surface area contributed by atoms with Crippen molar-refractivity contribution in [3.8, 4) is 22.8 Å². The molecule has 0 unspecified atom stereocenters. The van der Waals surface area contributed by atoms with Gasteiger partial charge >= 0.3 is 12.1 Å². The zero-order valence-electron chi connectivity index (χ0n) is 41.5. The lowest BCUT2D eigenvalue weighted by Crippen LogP contribution is -2.36. The second-order valence-corrected chi connectivity index (χ2v) is 19.1. The van der Waals surface area contributed by atoms with E-state index in [1.165, 1.54) is 13.3 Å². The molecule has 73 heavy (non-hydrogen) atoms. The first-order chi connectivity index (χ1) is 35.5. The number of methoxy groups -OCH3 is 1. The first kappa shape index (κ1) is 58.1. The summed E-state index contributed by atoms with van der Waals surface area (Å²) < 4.78 is 34.1. The fourth-order valence-electron chi connectivity index (χ4n) is 7.96. The molecule has 2 aliphatic rings. The number of carbonyl (C=O) groups is 6. The summed E-state index contributed by atoms with van der Waals surface area (Å²) in [6.45, 7) is 4.55. The number of unbranched alkanes of at least 4 members (excludes halogenated alkanes) is 1. The number of hydrogen-bond acceptors (Lipinski definition) is 14. The number of carboxylic acid groups (broad SMARTS) is 1. The molecule has 0 aliphatic carbocycles. The van der Waals surface area contributed by atoms with Gasteiger partial charge in [-0.2, -0.15) is 11.8 Å². The van der Waals surface area contributed by atoms with E-state index in [1.807, 2.05) is 17.8 Å². The van der Waals surface area contributed by atoms with E-state index in [1.54, 1.807) is 36.4 Å². The number of carbonyl (C=O) groups excluding carboxylic acids is 5. The number of thioether (sulfide) groups is 1. The maximum atomic E-state index is 13.7. The molecule has 7 amide bonds. The molecule has 0 saturated carbocycles. The minimum Gasteiger partial charge on any atom is -0.496 e. The Hall–Kier alpha value is -5.81. The summed E-state index contributed by atoms with van der Waals surface area (Å²) in [6, 6.07) is 11.6. The van der Waals surface area contributed by atoms with E-state index in [0.29, 0.717) is 131 Å². The van der Waals surface area contributed by atoms with E-state index >= 15 is 0 Å². The SMILES string of the molecule is COc1ccc(OCCCNC(=O)CCCC(=O)NCCCOCCOCCOCCCNC(=O)CCCC[C@@H]2SC[C@@H]3NC(=O)N[C@@H]32)cc1C(=O)N[C@@H](CCCNC(=O)O)c1ncc(-c2cccc(Cl)c2)o1. The van der Waals surface area contributed by atoms with E-state index in [0.717, 1.165) is 31.4 Å². The number of rotatable bonds is 37. The molecule has 3 heterocycles. The van der Waals surface area contributed by atoms with Crippen molar-refractivity contribution in [3.05, 3.63) is 65.1 Å². The van der Waals surface area contributed by atoms with Crippen LogP contribution in [0.3, 0.4) is 0 Å². The molecule has 8 N–H and O–H groups in total. The fraction of sp³-hybridized carbons (Fsp3) is 0.580. The number of benzene rings is 2. The van der Waals surface area contributed by atoms with Crippen LogP contribution in [0.5, 0.6) is 11.5 Å². The quantitative estimate of drug-likeness (QED) is 0.0266. The number of halogens is 1. The van der Waals surface area contributed by atoms with Crippen LogP contribution in [-0.2, 0) is 28.6 Å². The lowest BCUT2D eigenvalue weighted by molar-refractivity contribution is -0.123. The average molecular weight is 1060 g/mol. The molecule has 5 rings (SSSR count). The van der Waals surface area contributed by atoms with Crippen LogP contribution in [0.1, 0.15) is 99.3 Å². The summed E-state index contributed by atoms with van der Waals surface area (Å²) >= 11 is 8.05. The van der Waals surface area contributed by atoms with Crippen LogP contribution in [0, 0.1) is 0 Å². The predicted molar refractivity (Wildman–Crippen MR) is 274 cm³/mol. The third-order valence-electron chi connectivity index (χ3n) is 11.7. The minimum absolute atomic E-state index is 0.0521. The maximum absolute atomic E-state index is 13.7. The molecule has 1 aromatic heterocycles. The first-order valence-electron chi connectivity index (χ1n) is 25.0. The van der Waals surface area contributed by atoms with Crippen LogP contribution >= 0.6 is 23.4 Å². The number of nitrogens with zero attached hydrogens (tertiary/aromatic N) is 1. The molecule has 0 radical (unpaired) electrons. The van der Waals surface area contributed by atoms with Gasteiger partial charge in [-0.1, -0.05) is 30.2 Å². The average Bonchev–Trinajstić information content (AvgIpc) is 4.12. The van der Waals surface area contributed by atoms with E-state index in [2.05, 4.69) is 42.2 Å². The number of oxazole rings is 1. The highest BCUT2D eigenvalue weighted by Crippen LogP contribution is 2.33. The molecule has 4 atom stereocenters. The van der Waals surface area contributed by atoms with Gasteiger partial charge in [0.05, 0.1) is 64.0 Å². The summed E-state index contributed by atoms with van der Waals surface area (Å²) in [5, 5.41) is 29.8.